The summed E-state index contributed by atoms with van der Waals surface area (Å²) in [6.45, 7) is 1.88. The number of rotatable bonds is 4. The monoisotopic (exact) mass is 412 g/mol. The predicted octanol–water partition coefficient (Wildman–Crippen LogP) is 4.77. The molecule has 0 amide bonds. The second-order valence-electron chi connectivity index (χ2n) is 5.66. The van der Waals surface area contributed by atoms with Gasteiger partial charge >= 0.3 is 5.97 Å². The molecule has 3 rings (SSSR count). The molecule has 10 heteroatoms. The lowest BCUT2D eigenvalue weighted by Gasteiger charge is -2.13. The molecule has 0 radical (unpaired) electrons. The lowest BCUT2D eigenvalue weighted by molar-refractivity contribution is 0.0690. The topological polar surface area (TPSA) is 94.0 Å². The molecule has 140 valence electrons. The van der Waals surface area contributed by atoms with E-state index in [1.807, 2.05) is 6.92 Å². The minimum atomic E-state index is -2.85. The Balaban J connectivity index is 2.31. The summed E-state index contributed by atoms with van der Waals surface area (Å²) in [6, 6.07) is 8.19. The van der Waals surface area contributed by atoms with E-state index < -0.39 is 23.8 Å². The Hall–Kier alpha value is -2.71. The quantitative estimate of drug-likeness (QED) is 0.643. The predicted molar refractivity (Wildman–Crippen MR) is 97.9 cm³/mol. The third kappa shape index (κ3) is 3.45. The van der Waals surface area contributed by atoms with Crippen molar-refractivity contribution >= 4 is 34.9 Å². The molecule has 0 atom stereocenters. The molecular weight excluding hydrogens is 401 g/mol. The summed E-state index contributed by atoms with van der Waals surface area (Å²) < 4.78 is 27.5. The highest BCUT2D eigenvalue weighted by Gasteiger charge is 2.25. The molecule has 0 saturated carbocycles. The van der Waals surface area contributed by atoms with Crippen molar-refractivity contribution in [3.63, 3.8) is 0 Å². The fourth-order valence-corrected chi connectivity index (χ4v) is 2.91. The van der Waals surface area contributed by atoms with Gasteiger partial charge in [-0.25, -0.2) is 23.2 Å². The van der Waals surface area contributed by atoms with Crippen LogP contribution in [0.5, 0.6) is 0 Å². The second kappa shape index (κ2) is 7.13. The summed E-state index contributed by atoms with van der Waals surface area (Å²) in [7, 11) is 0. The van der Waals surface area contributed by atoms with Gasteiger partial charge in [-0.05, 0) is 13.0 Å². The van der Waals surface area contributed by atoms with E-state index in [4.69, 9.17) is 28.9 Å². The molecule has 3 aromatic rings. The van der Waals surface area contributed by atoms with Crippen LogP contribution in [0, 0.1) is 6.92 Å². The van der Waals surface area contributed by atoms with Crippen LogP contribution in [-0.4, -0.2) is 25.8 Å². The molecule has 2 aromatic heterocycles. The summed E-state index contributed by atoms with van der Waals surface area (Å²) in [6.07, 6.45) is -2.85. The zero-order chi connectivity index (χ0) is 19.9. The van der Waals surface area contributed by atoms with Crippen molar-refractivity contribution in [1.29, 1.82) is 0 Å². The van der Waals surface area contributed by atoms with E-state index in [0.29, 0.717) is 5.56 Å². The van der Waals surface area contributed by atoms with Crippen LogP contribution < -0.4 is 5.73 Å². The normalized spacial score (nSPS) is 11.2. The molecule has 0 bridgehead atoms. The number of anilines is 1. The van der Waals surface area contributed by atoms with Crippen LogP contribution in [0.2, 0.25) is 10.0 Å². The highest BCUT2D eigenvalue weighted by molar-refractivity contribution is 6.41. The molecule has 3 N–H and O–H groups in total. The van der Waals surface area contributed by atoms with Crippen LogP contribution in [0.1, 0.15) is 28.2 Å². The maximum absolute atomic E-state index is 13.2. The number of pyridine rings is 1. The van der Waals surface area contributed by atoms with Gasteiger partial charge in [0.2, 0.25) is 0 Å². The number of nitrogen functional groups attached to an aromatic ring is 1. The van der Waals surface area contributed by atoms with E-state index in [1.165, 1.54) is 6.07 Å². The largest absolute Gasteiger partial charge is 0.476 e. The van der Waals surface area contributed by atoms with Gasteiger partial charge in [0.15, 0.2) is 11.5 Å². The molecule has 6 nitrogen and oxygen atoms in total. The Morgan fingerprint density at radius 3 is 2.41 bits per heavy atom. The number of nitrogens with zero attached hydrogens (tertiary/aromatic N) is 3. The lowest BCUT2D eigenvalue weighted by atomic mass is 10.1. The average Bonchev–Trinajstić information content (AvgIpc) is 3.05. The first-order chi connectivity index (χ1) is 12.7. The summed E-state index contributed by atoms with van der Waals surface area (Å²) in [5.74, 6) is -1.65. The van der Waals surface area contributed by atoms with Crippen LogP contribution in [-0.2, 0) is 0 Å². The maximum atomic E-state index is 13.2. The number of carboxylic acids is 1. The van der Waals surface area contributed by atoms with E-state index in [0.717, 1.165) is 10.2 Å². The van der Waals surface area contributed by atoms with Crippen LogP contribution in [0.25, 0.3) is 17.1 Å². The van der Waals surface area contributed by atoms with Crippen LogP contribution in [0.15, 0.2) is 30.3 Å². The molecule has 0 spiro atoms. The van der Waals surface area contributed by atoms with Gasteiger partial charge in [-0.3, -0.25) is 0 Å². The number of benzene rings is 1. The van der Waals surface area contributed by atoms with E-state index in [1.54, 1.807) is 24.3 Å². The number of aromatic carboxylic acids is 1. The number of hydrogen-bond acceptors (Lipinski definition) is 4. The number of hydrogen-bond donors (Lipinski definition) is 2. The lowest BCUT2D eigenvalue weighted by Crippen LogP contribution is -2.11. The van der Waals surface area contributed by atoms with Gasteiger partial charge in [0.05, 0.1) is 16.4 Å². The van der Waals surface area contributed by atoms with E-state index in [-0.39, 0.29) is 27.2 Å². The molecule has 1 aromatic carbocycles. The first-order valence-corrected chi connectivity index (χ1v) is 8.29. The number of aryl methyl sites for hydroxylation is 1. The fraction of sp³-hybridized carbons (Fsp3) is 0.118. The SMILES string of the molecule is Cc1ccc(-c2cc(C(F)F)nn2-c2nc(C(=O)O)c(Cl)c(N)c2Cl)cc1. The van der Waals surface area contributed by atoms with Gasteiger partial charge in [-0.15, -0.1) is 0 Å². The first-order valence-electron chi connectivity index (χ1n) is 7.54. The van der Waals surface area contributed by atoms with Crippen molar-refractivity contribution in [2.24, 2.45) is 0 Å². The van der Waals surface area contributed by atoms with Gasteiger partial charge in [0.25, 0.3) is 6.43 Å². The maximum Gasteiger partial charge on any atom is 0.356 e. The third-order valence-corrected chi connectivity index (χ3v) is 4.55. The summed E-state index contributed by atoms with van der Waals surface area (Å²) in [5, 5.41) is 12.6. The van der Waals surface area contributed by atoms with E-state index in [9.17, 15) is 18.7 Å². The third-order valence-electron chi connectivity index (χ3n) is 3.80. The van der Waals surface area contributed by atoms with E-state index in [2.05, 4.69) is 10.1 Å². The molecular formula is C17H12Cl2F2N4O2. The van der Waals surface area contributed by atoms with Crippen LogP contribution in [0.4, 0.5) is 14.5 Å². The number of nitrogens with two attached hydrogens (primary N) is 1. The van der Waals surface area contributed by atoms with Crippen molar-refractivity contribution in [2.75, 3.05) is 5.73 Å². The summed E-state index contributed by atoms with van der Waals surface area (Å²) in [4.78, 5) is 15.3. The minimum absolute atomic E-state index is 0.192. The second-order valence-corrected chi connectivity index (χ2v) is 6.42. The average molecular weight is 413 g/mol. The number of alkyl halides is 2. The first kappa shape index (κ1) is 19.1. The number of carboxylic acid groups (broad SMARTS) is 1. The summed E-state index contributed by atoms with van der Waals surface area (Å²) in [5.41, 5.74) is 6.25. The number of aromatic nitrogens is 3. The Kier molecular flexibility index (Phi) is 5.03. The van der Waals surface area contributed by atoms with Crippen molar-refractivity contribution in [2.45, 2.75) is 13.3 Å². The number of halogens is 4. The minimum Gasteiger partial charge on any atom is -0.476 e. The van der Waals surface area contributed by atoms with Crippen molar-refractivity contribution in [3.8, 4) is 17.1 Å². The Bertz CT molecular complexity index is 1040. The highest BCUT2D eigenvalue weighted by atomic mass is 35.5. The van der Waals surface area contributed by atoms with Gasteiger partial charge in [0, 0.05) is 5.56 Å². The smallest absolute Gasteiger partial charge is 0.356 e. The van der Waals surface area contributed by atoms with Crippen LogP contribution in [0.3, 0.4) is 0 Å². The molecule has 0 saturated heterocycles. The molecule has 0 unspecified atom stereocenters. The zero-order valence-corrected chi connectivity index (χ0v) is 15.3. The number of carbonyl (C=O) groups is 1. The van der Waals surface area contributed by atoms with Crippen LogP contribution >= 0.6 is 23.2 Å². The molecule has 0 aliphatic carbocycles. The van der Waals surface area contributed by atoms with Crippen molar-refractivity contribution in [3.05, 3.63) is 57.3 Å². The molecule has 0 fully saturated rings. The standard InChI is InChI=1S/C17H12Cl2F2N4O2/c1-7-2-4-8(5-3-7)10-6-9(15(20)21)24-25(10)16-12(19)13(22)11(18)14(23-16)17(26)27/h2-6,15H,1H3,(H2,22,23)(H,26,27). The van der Waals surface area contributed by atoms with Gasteiger partial charge in [-0.1, -0.05) is 53.0 Å². The van der Waals surface area contributed by atoms with Gasteiger partial charge in [-0.2, -0.15) is 5.10 Å². The molecule has 27 heavy (non-hydrogen) atoms. The van der Waals surface area contributed by atoms with Crippen molar-refractivity contribution in [1.82, 2.24) is 14.8 Å². The molecule has 0 aliphatic rings. The molecule has 2 heterocycles. The van der Waals surface area contributed by atoms with Crippen molar-refractivity contribution < 1.29 is 18.7 Å². The Labute approximate surface area is 162 Å². The van der Waals surface area contributed by atoms with Gasteiger partial charge in [0.1, 0.15) is 10.7 Å². The Morgan fingerprint density at radius 2 is 1.85 bits per heavy atom. The molecule has 0 aliphatic heterocycles. The zero-order valence-electron chi connectivity index (χ0n) is 13.8. The summed E-state index contributed by atoms with van der Waals surface area (Å²) >= 11 is 12.1. The Morgan fingerprint density at radius 1 is 1.22 bits per heavy atom. The highest BCUT2D eigenvalue weighted by Crippen LogP contribution is 2.36. The fourth-order valence-electron chi connectivity index (χ4n) is 2.43. The van der Waals surface area contributed by atoms with E-state index >= 15 is 0 Å². The van der Waals surface area contributed by atoms with Gasteiger partial charge < -0.3 is 10.8 Å².